The number of hydrogen-bond acceptors (Lipinski definition) is 6. The Morgan fingerprint density at radius 2 is 1.70 bits per heavy atom. The molecule has 0 aliphatic carbocycles. The van der Waals surface area contributed by atoms with Crippen molar-refractivity contribution in [2.75, 3.05) is 35.6 Å². The summed E-state index contributed by atoms with van der Waals surface area (Å²) in [5.74, 6) is 0.731. The van der Waals surface area contributed by atoms with Gasteiger partial charge in [-0.15, -0.1) is 0 Å². The molecule has 4 rings (SSSR count). The third-order valence-corrected chi connectivity index (χ3v) is 5.92. The number of halogens is 2. The van der Waals surface area contributed by atoms with Gasteiger partial charge >= 0.3 is 0 Å². The highest BCUT2D eigenvalue weighted by Crippen LogP contribution is 2.23. The zero-order valence-corrected chi connectivity index (χ0v) is 20.0. The zero-order valence-electron chi connectivity index (χ0n) is 17.9. The Hall–Kier alpha value is -3.05. The van der Waals surface area contributed by atoms with Crippen molar-refractivity contribution in [3.63, 3.8) is 0 Å². The molecule has 0 saturated carbocycles. The maximum Gasteiger partial charge on any atom is 0.248 e. The molecule has 0 bridgehead atoms. The number of carbonyl (C=O) groups excluding carboxylic acids is 1. The molecule has 0 unspecified atom stereocenters. The van der Waals surface area contributed by atoms with E-state index in [1.165, 1.54) is 25.2 Å². The third kappa shape index (κ3) is 6.96. The summed E-state index contributed by atoms with van der Waals surface area (Å²) in [5.41, 5.74) is 2.19. The van der Waals surface area contributed by atoms with Crippen LogP contribution in [0.5, 0.6) is 0 Å². The van der Waals surface area contributed by atoms with E-state index in [9.17, 15) is 9.18 Å². The van der Waals surface area contributed by atoms with Crippen LogP contribution in [0.1, 0.15) is 12.8 Å². The molecule has 170 valence electrons. The lowest BCUT2D eigenvalue weighted by Gasteiger charge is -2.11. The van der Waals surface area contributed by atoms with E-state index in [-0.39, 0.29) is 11.7 Å². The Morgan fingerprint density at radius 1 is 1.00 bits per heavy atom. The second-order valence-electron chi connectivity index (χ2n) is 7.65. The van der Waals surface area contributed by atoms with Gasteiger partial charge in [0, 0.05) is 35.7 Å². The predicted molar refractivity (Wildman–Crippen MR) is 138 cm³/mol. The number of benzene rings is 2. The summed E-state index contributed by atoms with van der Waals surface area (Å²) < 4.78 is 14.0. The van der Waals surface area contributed by atoms with E-state index < -0.39 is 0 Å². The molecule has 2 heterocycles. The lowest BCUT2D eigenvalue weighted by atomic mass is 10.2. The lowest BCUT2D eigenvalue weighted by molar-refractivity contribution is -0.111. The predicted octanol–water partition coefficient (Wildman–Crippen LogP) is 5.30. The summed E-state index contributed by atoms with van der Waals surface area (Å²) in [5, 5.41) is 9.25. The van der Waals surface area contributed by atoms with Crippen LogP contribution in [0.15, 0.2) is 67.0 Å². The van der Waals surface area contributed by atoms with Gasteiger partial charge < -0.3 is 16.0 Å². The third-order valence-electron chi connectivity index (χ3n) is 5.09. The molecular formula is C24H24FIN6O. The molecular weight excluding hydrogens is 534 g/mol. The fourth-order valence-corrected chi connectivity index (χ4v) is 4.01. The molecule has 0 spiro atoms. The fourth-order valence-electron chi connectivity index (χ4n) is 3.50. The number of amides is 1. The molecule has 0 atom stereocenters. The van der Waals surface area contributed by atoms with Gasteiger partial charge in [0.2, 0.25) is 5.91 Å². The van der Waals surface area contributed by atoms with Gasteiger partial charge in [-0.25, -0.2) is 14.4 Å². The molecule has 33 heavy (non-hydrogen) atoms. The normalized spacial score (nSPS) is 13.9. The first-order valence-corrected chi connectivity index (χ1v) is 11.7. The molecule has 1 saturated heterocycles. The van der Waals surface area contributed by atoms with Gasteiger partial charge in [-0.3, -0.25) is 9.69 Å². The Labute approximate surface area is 205 Å². The van der Waals surface area contributed by atoms with Crippen molar-refractivity contribution in [1.29, 1.82) is 0 Å². The van der Waals surface area contributed by atoms with Crippen LogP contribution in [0.4, 0.5) is 33.1 Å². The van der Waals surface area contributed by atoms with Crippen LogP contribution in [-0.2, 0) is 4.79 Å². The molecule has 9 heteroatoms. The summed E-state index contributed by atoms with van der Waals surface area (Å²) in [6.45, 7) is 3.00. The minimum atomic E-state index is -0.264. The summed E-state index contributed by atoms with van der Waals surface area (Å²) in [4.78, 5) is 23.0. The number of nitrogens with zero attached hydrogens (tertiary/aromatic N) is 3. The SMILES string of the molecule is O=C(/C=C/CN1CCCC1)Nc1cccc(Nc2cc(Nc3ccc(F)c(I)c3)ncn2)c1. The van der Waals surface area contributed by atoms with Crippen molar-refractivity contribution in [1.82, 2.24) is 14.9 Å². The second kappa shape index (κ2) is 11.2. The molecule has 7 nitrogen and oxygen atoms in total. The van der Waals surface area contributed by atoms with Crippen molar-refractivity contribution in [2.24, 2.45) is 0 Å². The summed E-state index contributed by atoms with van der Waals surface area (Å²) >= 11 is 1.95. The van der Waals surface area contributed by atoms with Crippen LogP contribution < -0.4 is 16.0 Å². The summed E-state index contributed by atoms with van der Waals surface area (Å²) in [6.07, 6.45) is 7.39. The van der Waals surface area contributed by atoms with Crippen LogP contribution in [-0.4, -0.2) is 40.4 Å². The van der Waals surface area contributed by atoms with Crippen molar-refractivity contribution >= 4 is 57.2 Å². The van der Waals surface area contributed by atoms with Crippen molar-refractivity contribution in [2.45, 2.75) is 12.8 Å². The van der Waals surface area contributed by atoms with E-state index in [1.54, 1.807) is 24.3 Å². The number of hydrogen-bond donors (Lipinski definition) is 3. The molecule has 2 aromatic carbocycles. The maximum atomic E-state index is 13.5. The Balaban J connectivity index is 1.35. The topological polar surface area (TPSA) is 82.2 Å². The smallest absolute Gasteiger partial charge is 0.248 e. The van der Waals surface area contributed by atoms with Crippen molar-refractivity contribution in [3.8, 4) is 0 Å². The van der Waals surface area contributed by atoms with Gasteiger partial charge in [0.05, 0.1) is 3.57 Å². The first kappa shape index (κ1) is 23.1. The van der Waals surface area contributed by atoms with E-state index in [0.717, 1.165) is 31.0 Å². The molecule has 1 aromatic heterocycles. The van der Waals surface area contributed by atoms with Gasteiger partial charge in [0.25, 0.3) is 0 Å². The first-order valence-electron chi connectivity index (χ1n) is 10.7. The second-order valence-corrected chi connectivity index (χ2v) is 8.81. The Bertz CT molecular complexity index is 1150. The number of likely N-dealkylation sites (tertiary alicyclic amines) is 1. The molecule has 3 aromatic rings. The van der Waals surface area contributed by atoms with E-state index >= 15 is 0 Å². The quantitative estimate of drug-likeness (QED) is 0.257. The molecule has 1 amide bonds. The van der Waals surface area contributed by atoms with Crippen molar-refractivity contribution < 1.29 is 9.18 Å². The van der Waals surface area contributed by atoms with Gasteiger partial charge in [-0.1, -0.05) is 12.1 Å². The van der Waals surface area contributed by atoms with E-state index in [0.29, 0.717) is 20.9 Å². The highest BCUT2D eigenvalue weighted by atomic mass is 127. The molecule has 1 aliphatic heterocycles. The average molecular weight is 558 g/mol. The van der Waals surface area contributed by atoms with Gasteiger partial charge in [-0.2, -0.15) is 0 Å². The number of carbonyl (C=O) groups is 1. The Kier molecular flexibility index (Phi) is 7.84. The minimum absolute atomic E-state index is 0.159. The van der Waals surface area contributed by atoms with Crippen LogP contribution in [0.3, 0.4) is 0 Å². The van der Waals surface area contributed by atoms with Crippen LogP contribution in [0.25, 0.3) is 0 Å². The Morgan fingerprint density at radius 3 is 2.42 bits per heavy atom. The highest BCUT2D eigenvalue weighted by molar-refractivity contribution is 14.1. The standard InChI is InChI=1S/C24H24FIN6O/c25-20-9-8-19(14-21(20)26)30-23-15-22(27-16-28-23)29-17-5-3-6-18(13-17)31-24(33)7-4-12-32-10-1-2-11-32/h3-9,13-16H,1-2,10-12H2,(H,31,33)(H2,27,28,29,30)/b7-4+. The number of rotatable bonds is 8. The van der Waals surface area contributed by atoms with E-state index in [4.69, 9.17) is 0 Å². The van der Waals surface area contributed by atoms with Gasteiger partial charge in [-0.05, 0) is 84.9 Å². The number of nitrogens with one attached hydrogen (secondary N) is 3. The molecule has 3 N–H and O–H groups in total. The van der Waals surface area contributed by atoms with E-state index in [2.05, 4.69) is 30.8 Å². The average Bonchev–Trinajstić information content (AvgIpc) is 3.30. The largest absolute Gasteiger partial charge is 0.340 e. The van der Waals surface area contributed by atoms with E-state index in [1.807, 2.05) is 52.9 Å². The molecule has 1 aliphatic rings. The van der Waals surface area contributed by atoms with Crippen LogP contribution in [0.2, 0.25) is 0 Å². The number of anilines is 5. The van der Waals surface area contributed by atoms with Crippen molar-refractivity contribution in [3.05, 3.63) is 76.4 Å². The number of aromatic nitrogens is 2. The lowest BCUT2D eigenvalue weighted by Crippen LogP contribution is -2.19. The van der Waals surface area contributed by atoms with Gasteiger partial charge in [0.15, 0.2) is 0 Å². The molecule has 0 radical (unpaired) electrons. The van der Waals surface area contributed by atoms with Crippen LogP contribution >= 0.6 is 22.6 Å². The first-order chi connectivity index (χ1) is 16.0. The molecule has 1 fully saturated rings. The van der Waals surface area contributed by atoms with Crippen LogP contribution in [0, 0.1) is 9.39 Å². The fraction of sp³-hybridized carbons (Fsp3) is 0.208. The highest BCUT2D eigenvalue weighted by Gasteiger charge is 2.09. The maximum absolute atomic E-state index is 13.5. The zero-order chi connectivity index (χ0) is 23.0. The monoisotopic (exact) mass is 558 g/mol. The minimum Gasteiger partial charge on any atom is -0.340 e. The summed E-state index contributed by atoms with van der Waals surface area (Å²) in [6, 6.07) is 13.9. The summed E-state index contributed by atoms with van der Waals surface area (Å²) in [7, 11) is 0. The van der Waals surface area contributed by atoms with Gasteiger partial charge in [0.1, 0.15) is 23.8 Å².